The van der Waals surface area contributed by atoms with E-state index in [2.05, 4.69) is 19.2 Å². The third-order valence-corrected chi connectivity index (χ3v) is 7.40. The van der Waals surface area contributed by atoms with E-state index >= 15 is 0 Å². The van der Waals surface area contributed by atoms with E-state index in [0.717, 1.165) is 35.6 Å². The molecule has 0 atom stereocenters. The molecule has 0 aliphatic heterocycles. The van der Waals surface area contributed by atoms with Gasteiger partial charge in [-0.15, -0.1) is 0 Å². The van der Waals surface area contributed by atoms with Gasteiger partial charge in [0.2, 0.25) is 0 Å². The zero-order valence-electron chi connectivity index (χ0n) is 13.5. The van der Waals surface area contributed by atoms with Crippen molar-refractivity contribution in [2.45, 2.75) is 77.7 Å². The molecule has 5 aliphatic carbocycles. The van der Waals surface area contributed by atoms with Crippen LogP contribution in [-0.2, 0) is 0 Å². The fourth-order valence-corrected chi connectivity index (χ4v) is 6.28. The summed E-state index contributed by atoms with van der Waals surface area (Å²) in [5.74, 6) is 5.49. The molecule has 1 N–H and O–H groups in total. The Kier molecular flexibility index (Phi) is 3.41. The first-order chi connectivity index (χ1) is 9.59. The van der Waals surface area contributed by atoms with Crippen molar-refractivity contribution in [1.29, 1.82) is 0 Å². The molecule has 0 saturated heterocycles. The lowest BCUT2D eigenvalue weighted by atomic mass is 9.52. The molecular formula is C19H33N. The van der Waals surface area contributed by atoms with Gasteiger partial charge in [0, 0.05) is 6.04 Å². The molecular weight excluding hydrogens is 242 g/mol. The topological polar surface area (TPSA) is 12.0 Å². The van der Waals surface area contributed by atoms with Crippen LogP contribution >= 0.6 is 0 Å². The molecule has 0 aromatic rings. The fourth-order valence-electron chi connectivity index (χ4n) is 6.28. The van der Waals surface area contributed by atoms with Crippen molar-refractivity contribution in [3.63, 3.8) is 0 Å². The molecule has 5 saturated carbocycles. The Balaban J connectivity index is 1.30. The molecule has 114 valence electrons. The summed E-state index contributed by atoms with van der Waals surface area (Å²) in [5, 5.41) is 3.99. The Morgan fingerprint density at radius 2 is 1.40 bits per heavy atom. The van der Waals surface area contributed by atoms with Gasteiger partial charge in [-0.3, -0.25) is 0 Å². The van der Waals surface area contributed by atoms with E-state index in [1.54, 1.807) is 32.1 Å². The molecule has 0 radical (unpaired) electrons. The van der Waals surface area contributed by atoms with Crippen molar-refractivity contribution >= 4 is 0 Å². The van der Waals surface area contributed by atoms with Gasteiger partial charge in [-0.2, -0.15) is 0 Å². The van der Waals surface area contributed by atoms with Crippen LogP contribution in [0.3, 0.4) is 0 Å². The van der Waals surface area contributed by atoms with Gasteiger partial charge in [-0.05, 0) is 99.3 Å². The van der Waals surface area contributed by atoms with Gasteiger partial charge >= 0.3 is 0 Å². The predicted molar refractivity (Wildman–Crippen MR) is 84.6 cm³/mol. The minimum Gasteiger partial charge on any atom is -0.314 e. The van der Waals surface area contributed by atoms with Crippen molar-refractivity contribution in [3.8, 4) is 0 Å². The molecule has 0 heterocycles. The highest BCUT2D eigenvalue weighted by Gasteiger charge is 2.47. The lowest BCUT2D eigenvalue weighted by molar-refractivity contribution is -0.0370. The Morgan fingerprint density at radius 3 is 1.95 bits per heavy atom. The van der Waals surface area contributed by atoms with E-state index in [0.29, 0.717) is 5.41 Å². The molecule has 1 heteroatoms. The second kappa shape index (κ2) is 5.00. The summed E-state index contributed by atoms with van der Waals surface area (Å²) >= 11 is 0. The summed E-state index contributed by atoms with van der Waals surface area (Å²) in [6.07, 6.45) is 13.6. The minimum atomic E-state index is 0.612. The van der Waals surface area contributed by atoms with Gasteiger partial charge in [0.1, 0.15) is 0 Å². The molecule has 1 nitrogen and oxygen atoms in total. The summed E-state index contributed by atoms with van der Waals surface area (Å²) in [6, 6.07) is 0.834. The molecule has 0 spiro atoms. The van der Waals surface area contributed by atoms with Crippen LogP contribution in [0.5, 0.6) is 0 Å². The van der Waals surface area contributed by atoms with Crippen LogP contribution in [0.4, 0.5) is 0 Å². The monoisotopic (exact) mass is 275 g/mol. The molecule has 5 rings (SSSR count). The molecule has 0 unspecified atom stereocenters. The summed E-state index contributed by atoms with van der Waals surface area (Å²) in [7, 11) is 0. The lowest BCUT2D eigenvalue weighted by Gasteiger charge is -2.55. The number of rotatable bonds is 3. The first-order valence-electron chi connectivity index (χ1n) is 9.32. The highest BCUT2D eigenvalue weighted by Crippen LogP contribution is 2.56. The number of nitrogens with one attached hydrogen (secondary N) is 1. The Hall–Kier alpha value is -0.0400. The molecule has 5 fully saturated rings. The summed E-state index contributed by atoms with van der Waals surface area (Å²) < 4.78 is 0. The standard InChI is InChI=1S/C19H33N/c1-19(2)5-3-17(4-6-19)20-12-18-15-8-13-7-14(10-15)11-16(18)9-13/h13-18,20H,3-12H2,1-2H3. The quantitative estimate of drug-likeness (QED) is 0.792. The van der Waals surface area contributed by atoms with E-state index in [4.69, 9.17) is 0 Å². The smallest absolute Gasteiger partial charge is 0.00675 e. The zero-order valence-corrected chi connectivity index (χ0v) is 13.5. The van der Waals surface area contributed by atoms with Crippen molar-refractivity contribution < 1.29 is 0 Å². The van der Waals surface area contributed by atoms with Crippen LogP contribution in [0.25, 0.3) is 0 Å². The van der Waals surface area contributed by atoms with Gasteiger partial charge in [-0.1, -0.05) is 13.8 Å². The maximum Gasteiger partial charge on any atom is 0.00675 e. The van der Waals surface area contributed by atoms with Crippen molar-refractivity contribution in [3.05, 3.63) is 0 Å². The summed E-state index contributed by atoms with van der Waals surface area (Å²) in [6.45, 7) is 6.24. The Morgan fingerprint density at radius 1 is 0.850 bits per heavy atom. The van der Waals surface area contributed by atoms with Crippen LogP contribution in [0.1, 0.15) is 71.6 Å². The van der Waals surface area contributed by atoms with Gasteiger partial charge in [0.25, 0.3) is 0 Å². The first kappa shape index (κ1) is 13.6. The average molecular weight is 275 g/mol. The van der Waals surface area contributed by atoms with Crippen LogP contribution < -0.4 is 5.32 Å². The van der Waals surface area contributed by atoms with Crippen LogP contribution in [-0.4, -0.2) is 12.6 Å². The third-order valence-electron chi connectivity index (χ3n) is 7.40. The maximum atomic E-state index is 3.99. The van der Waals surface area contributed by atoms with Gasteiger partial charge in [0.05, 0.1) is 0 Å². The van der Waals surface area contributed by atoms with Crippen molar-refractivity contribution in [2.75, 3.05) is 6.54 Å². The lowest BCUT2D eigenvalue weighted by Crippen LogP contribution is -2.50. The van der Waals surface area contributed by atoms with Gasteiger partial charge in [0.15, 0.2) is 0 Å². The molecule has 0 amide bonds. The van der Waals surface area contributed by atoms with Crippen LogP contribution in [0.2, 0.25) is 0 Å². The second-order valence-electron chi connectivity index (χ2n) is 9.44. The number of hydrogen-bond acceptors (Lipinski definition) is 1. The second-order valence-corrected chi connectivity index (χ2v) is 9.44. The third kappa shape index (κ3) is 2.56. The van der Waals surface area contributed by atoms with Gasteiger partial charge < -0.3 is 5.32 Å². The molecule has 0 aromatic carbocycles. The van der Waals surface area contributed by atoms with E-state index in [1.807, 2.05) is 0 Å². The molecule has 20 heavy (non-hydrogen) atoms. The average Bonchev–Trinajstić information content (AvgIpc) is 2.39. The molecule has 4 bridgehead atoms. The molecule has 0 aromatic heterocycles. The largest absolute Gasteiger partial charge is 0.314 e. The van der Waals surface area contributed by atoms with Crippen LogP contribution in [0.15, 0.2) is 0 Å². The predicted octanol–water partition coefficient (Wildman–Crippen LogP) is 4.62. The fraction of sp³-hybridized carbons (Fsp3) is 1.00. The highest BCUT2D eigenvalue weighted by atomic mass is 14.9. The highest BCUT2D eigenvalue weighted by molar-refractivity contribution is 4.99. The van der Waals surface area contributed by atoms with E-state index < -0.39 is 0 Å². The van der Waals surface area contributed by atoms with Gasteiger partial charge in [-0.25, -0.2) is 0 Å². The SMILES string of the molecule is CC1(C)CCC(NCC2C3CC4CC(C3)CC2C4)CC1. The molecule has 5 aliphatic rings. The van der Waals surface area contributed by atoms with E-state index in [1.165, 1.54) is 32.2 Å². The zero-order chi connectivity index (χ0) is 13.7. The first-order valence-corrected chi connectivity index (χ1v) is 9.32. The van der Waals surface area contributed by atoms with Crippen molar-refractivity contribution in [2.24, 2.45) is 35.0 Å². The normalized spacial score (nSPS) is 46.8. The van der Waals surface area contributed by atoms with Crippen molar-refractivity contribution in [1.82, 2.24) is 5.32 Å². The Labute approximate surface area is 125 Å². The minimum absolute atomic E-state index is 0.612. The number of hydrogen-bond donors (Lipinski definition) is 1. The van der Waals surface area contributed by atoms with E-state index in [-0.39, 0.29) is 0 Å². The van der Waals surface area contributed by atoms with E-state index in [9.17, 15) is 0 Å². The maximum absolute atomic E-state index is 3.99. The van der Waals surface area contributed by atoms with Crippen LogP contribution in [0, 0.1) is 35.0 Å². The summed E-state index contributed by atoms with van der Waals surface area (Å²) in [5.41, 5.74) is 0.612. The summed E-state index contributed by atoms with van der Waals surface area (Å²) in [4.78, 5) is 0. The Bertz CT molecular complexity index is 321.